The first kappa shape index (κ1) is 14.4. The number of carbonyl (C=O) groups excluding carboxylic acids is 2. The Hall–Kier alpha value is -2.05. The van der Waals surface area contributed by atoms with Gasteiger partial charge in [0.15, 0.2) is 0 Å². The second kappa shape index (κ2) is 5.15. The molecule has 0 radical (unpaired) electrons. The standard InChI is InChI=1S/C13H20N4O3/c1-13(2,3)20-12(19)17-5-8(9(6-17)11(14)18)10-4-15-7-16-10/h4,7-9H,5-6H2,1-3H3,(H2,14,18)(H,15,16)/t8-,9-/m1/s1. The van der Waals surface area contributed by atoms with Crippen molar-refractivity contribution in [3.63, 3.8) is 0 Å². The number of nitrogens with zero attached hydrogens (tertiary/aromatic N) is 2. The van der Waals surface area contributed by atoms with Gasteiger partial charge in [0.1, 0.15) is 5.60 Å². The van der Waals surface area contributed by atoms with E-state index in [9.17, 15) is 9.59 Å². The molecule has 7 heteroatoms. The van der Waals surface area contributed by atoms with E-state index in [1.807, 2.05) is 0 Å². The lowest BCUT2D eigenvalue weighted by Gasteiger charge is -2.24. The quantitative estimate of drug-likeness (QED) is 0.838. The van der Waals surface area contributed by atoms with Crippen molar-refractivity contribution >= 4 is 12.0 Å². The summed E-state index contributed by atoms with van der Waals surface area (Å²) in [6.45, 7) is 6.08. The molecule has 0 aliphatic carbocycles. The molecule has 2 atom stereocenters. The van der Waals surface area contributed by atoms with E-state index in [0.29, 0.717) is 6.54 Å². The molecule has 0 aromatic carbocycles. The summed E-state index contributed by atoms with van der Waals surface area (Å²) in [6, 6.07) is 0. The van der Waals surface area contributed by atoms with Crippen molar-refractivity contribution in [1.82, 2.24) is 14.9 Å². The minimum atomic E-state index is -0.564. The van der Waals surface area contributed by atoms with E-state index in [4.69, 9.17) is 10.5 Å². The first-order valence-electron chi connectivity index (χ1n) is 6.53. The summed E-state index contributed by atoms with van der Waals surface area (Å²) in [5.41, 5.74) is 5.67. The van der Waals surface area contributed by atoms with Crippen molar-refractivity contribution in [1.29, 1.82) is 0 Å². The van der Waals surface area contributed by atoms with Crippen LogP contribution in [0.4, 0.5) is 4.79 Å². The Bertz CT molecular complexity index is 492. The summed E-state index contributed by atoms with van der Waals surface area (Å²) in [6.07, 6.45) is 2.77. The molecule has 2 heterocycles. The number of primary amides is 1. The summed E-state index contributed by atoms with van der Waals surface area (Å²) < 4.78 is 5.32. The highest BCUT2D eigenvalue weighted by Gasteiger charge is 2.41. The van der Waals surface area contributed by atoms with Crippen molar-refractivity contribution < 1.29 is 14.3 Å². The molecule has 1 saturated heterocycles. The van der Waals surface area contributed by atoms with Gasteiger partial charge in [0, 0.05) is 30.9 Å². The highest BCUT2D eigenvalue weighted by molar-refractivity contribution is 5.80. The number of rotatable bonds is 2. The number of ether oxygens (including phenoxy) is 1. The van der Waals surface area contributed by atoms with Gasteiger partial charge in [-0.25, -0.2) is 9.78 Å². The Morgan fingerprint density at radius 1 is 1.45 bits per heavy atom. The van der Waals surface area contributed by atoms with E-state index in [1.165, 1.54) is 4.90 Å². The third-order valence-electron chi connectivity index (χ3n) is 3.26. The number of carbonyl (C=O) groups is 2. The largest absolute Gasteiger partial charge is 0.444 e. The molecule has 2 amide bonds. The zero-order valence-electron chi connectivity index (χ0n) is 11.9. The van der Waals surface area contributed by atoms with Crippen LogP contribution in [-0.2, 0) is 9.53 Å². The highest BCUT2D eigenvalue weighted by atomic mass is 16.6. The smallest absolute Gasteiger partial charge is 0.410 e. The lowest BCUT2D eigenvalue weighted by atomic mass is 9.93. The third kappa shape index (κ3) is 3.09. The second-order valence-electron chi connectivity index (χ2n) is 6.01. The number of aromatic amines is 1. The lowest BCUT2D eigenvalue weighted by molar-refractivity contribution is -0.121. The summed E-state index contributed by atoms with van der Waals surface area (Å²) in [4.78, 5) is 32.1. The molecule has 7 nitrogen and oxygen atoms in total. The molecular formula is C13H20N4O3. The van der Waals surface area contributed by atoms with E-state index in [-0.39, 0.29) is 12.5 Å². The highest BCUT2D eigenvalue weighted by Crippen LogP contribution is 2.32. The van der Waals surface area contributed by atoms with Crippen LogP contribution in [-0.4, -0.2) is 45.6 Å². The summed E-state index contributed by atoms with van der Waals surface area (Å²) in [7, 11) is 0. The first-order valence-corrected chi connectivity index (χ1v) is 6.53. The molecule has 0 spiro atoms. The first-order chi connectivity index (χ1) is 9.28. The van der Waals surface area contributed by atoms with Crippen molar-refractivity contribution in [3.05, 3.63) is 18.2 Å². The monoisotopic (exact) mass is 280 g/mol. The number of hydrogen-bond acceptors (Lipinski definition) is 4. The molecule has 1 fully saturated rings. The van der Waals surface area contributed by atoms with Crippen molar-refractivity contribution in [2.75, 3.05) is 13.1 Å². The second-order valence-corrected chi connectivity index (χ2v) is 6.01. The van der Waals surface area contributed by atoms with Gasteiger partial charge in [0.2, 0.25) is 5.91 Å². The molecule has 110 valence electrons. The number of H-pyrrole nitrogens is 1. The van der Waals surface area contributed by atoms with Gasteiger partial charge >= 0.3 is 6.09 Å². The lowest BCUT2D eigenvalue weighted by Crippen LogP contribution is -2.36. The Morgan fingerprint density at radius 2 is 2.15 bits per heavy atom. The molecule has 20 heavy (non-hydrogen) atoms. The molecule has 0 bridgehead atoms. The van der Waals surface area contributed by atoms with Gasteiger partial charge in [-0.2, -0.15) is 0 Å². The topological polar surface area (TPSA) is 101 Å². The van der Waals surface area contributed by atoms with Crippen LogP contribution < -0.4 is 5.73 Å². The molecule has 0 saturated carbocycles. The average molecular weight is 280 g/mol. The van der Waals surface area contributed by atoms with Crippen LogP contribution in [0, 0.1) is 5.92 Å². The van der Waals surface area contributed by atoms with Gasteiger partial charge in [-0.05, 0) is 20.8 Å². The molecule has 3 N–H and O–H groups in total. The molecule has 1 aliphatic rings. The van der Waals surface area contributed by atoms with Crippen LogP contribution in [0.3, 0.4) is 0 Å². The van der Waals surface area contributed by atoms with Gasteiger partial charge in [-0.1, -0.05) is 0 Å². The zero-order chi connectivity index (χ0) is 14.9. The van der Waals surface area contributed by atoms with Crippen molar-refractivity contribution in [2.45, 2.75) is 32.3 Å². The van der Waals surface area contributed by atoms with E-state index in [2.05, 4.69) is 9.97 Å². The van der Waals surface area contributed by atoms with E-state index in [1.54, 1.807) is 33.3 Å². The van der Waals surface area contributed by atoms with Crippen LogP contribution in [0.1, 0.15) is 32.4 Å². The van der Waals surface area contributed by atoms with Gasteiger partial charge in [-0.3, -0.25) is 4.79 Å². The maximum atomic E-state index is 12.1. The van der Waals surface area contributed by atoms with Crippen LogP contribution in [0.5, 0.6) is 0 Å². The fourth-order valence-corrected chi connectivity index (χ4v) is 2.35. The number of nitrogens with two attached hydrogens (primary N) is 1. The van der Waals surface area contributed by atoms with E-state index in [0.717, 1.165) is 5.69 Å². The summed E-state index contributed by atoms with van der Waals surface area (Å²) >= 11 is 0. The number of aromatic nitrogens is 2. The molecule has 1 aromatic rings. The van der Waals surface area contributed by atoms with Crippen LogP contribution in [0.25, 0.3) is 0 Å². The Labute approximate surface area is 117 Å². The van der Waals surface area contributed by atoms with Crippen LogP contribution in [0.15, 0.2) is 12.5 Å². The van der Waals surface area contributed by atoms with E-state index >= 15 is 0 Å². The Balaban J connectivity index is 2.12. The Morgan fingerprint density at radius 3 is 2.65 bits per heavy atom. The third-order valence-corrected chi connectivity index (χ3v) is 3.26. The van der Waals surface area contributed by atoms with Crippen LogP contribution >= 0.6 is 0 Å². The van der Waals surface area contributed by atoms with Gasteiger partial charge in [0.05, 0.1) is 12.2 Å². The SMILES string of the molecule is CC(C)(C)OC(=O)N1C[C@@H](C(N)=O)[C@H](c2cnc[nH]2)C1. The molecule has 2 rings (SSSR count). The van der Waals surface area contributed by atoms with E-state index < -0.39 is 23.5 Å². The number of imidazole rings is 1. The fraction of sp³-hybridized carbons (Fsp3) is 0.615. The van der Waals surface area contributed by atoms with Crippen LogP contribution in [0.2, 0.25) is 0 Å². The zero-order valence-corrected chi connectivity index (χ0v) is 11.9. The molecule has 1 aliphatic heterocycles. The molecule has 0 unspecified atom stereocenters. The van der Waals surface area contributed by atoms with Crippen molar-refractivity contribution in [3.8, 4) is 0 Å². The number of likely N-dealkylation sites (tertiary alicyclic amines) is 1. The summed E-state index contributed by atoms with van der Waals surface area (Å²) in [5.74, 6) is -1.01. The van der Waals surface area contributed by atoms with Gasteiger partial charge in [-0.15, -0.1) is 0 Å². The summed E-state index contributed by atoms with van der Waals surface area (Å²) in [5, 5.41) is 0. The molecular weight excluding hydrogens is 260 g/mol. The fourth-order valence-electron chi connectivity index (χ4n) is 2.35. The predicted octanol–water partition coefficient (Wildman–Crippen LogP) is 0.845. The van der Waals surface area contributed by atoms with Gasteiger partial charge < -0.3 is 20.4 Å². The normalized spacial score (nSPS) is 22.9. The number of amides is 2. The number of nitrogens with one attached hydrogen (secondary N) is 1. The maximum Gasteiger partial charge on any atom is 0.410 e. The number of hydrogen-bond donors (Lipinski definition) is 2. The average Bonchev–Trinajstić information content (AvgIpc) is 2.95. The van der Waals surface area contributed by atoms with Crippen molar-refractivity contribution in [2.24, 2.45) is 11.7 Å². The predicted molar refractivity (Wildman–Crippen MR) is 71.8 cm³/mol. The maximum absolute atomic E-state index is 12.1. The molecule has 1 aromatic heterocycles. The minimum absolute atomic E-state index is 0.164. The minimum Gasteiger partial charge on any atom is -0.444 e. The van der Waals surface area contributed by atoms with Gasteiger partial charge in [0.25, 0.3) is 0 Å². The Kier molecular flexibility index (Phi) is 3.69.